The van der Waals surface area contributed by atoms with E-state index in [1.807, 2.05) is 0 Å². The van der Waals surface area contributed by atoms with E-state index in [-0.39, 0.29) is 23.2 Å². The minimum Gasteiger partial charge on any atom is -0.494 e. The average Bonchev–Trinajstić information content (AvgIpc) is 3.07. The first-order valence-corrected chi connectivity index (χ1v) is 10.7. The predicted octanol–water partition coefficient (Wildman–Crippen LogP) is 2.18. The van der Waals surface area contributed by atoms with Crippen LogP contribution >= 0.6 is 12.4 Å². The third-order valence-electron chi connectivity index (χ3n) is 4.36. The van der Waals surface area contributed by atoms with Crippen molar-refractivity contribution in [2.75, 3.05) is 32.5 Å². The summed E-state index contributed by atoms with van der Waals surface area (Å²) >= 11 is 0. The Bertz CT molecular complexity index is 644. The zero-order valence-electron chi connectivity index (χ0n) is 15.2. The van der Waals surface area contributed by atoms with Gasteiger partial charge in [-0.15, -0.1) is 12.4 Å². The Morgan fingerprint density at radius 3 is 2.62 bits per heavy atom. The van der Waals surface area contributed by atoms with Crippen molar-refractivity contribution < 1.29 is 17.9 Å². The molecule has 1 aromatic rings. The van der Waals surface area contributed by atoms with Gasteiger partial charge in [0, 0.05) is 19.2 Å². The molecule has 1 aromatic carbocycles. The van der Waals surface area contributed by atoms with Crippen molar-refractivity contribution in [3.8, 4) is 5.75 Å². The molecular formula is C18H29ClN2O4S. The number of ether oxygens (including phenoxy) is 1. The van der Waals surface area contributed by atoms with E-state index in [0.29, 0.717) is 24.7 Å². The second-order valence-corrected chi connectivity index (χ2v) is 8.56. The summed E-state index contributed by atoms with van der Waals surface area (Å²) in [7, 11) is -3.18. The normalized spacial score (nSPS) is 16.7. The van der Waals surface area contributed by atoms with E-state index in [1.165, 1.54) is 24.8 Å². The first-order valence-electron chi connectivity index (χ1n) is 8.85. The number of rotatable bonds is 10. The first-order chi connectivity index (χ1) is 11.9. The summed E-state index contributed by atoms with van der Waals surface area (Å²) < 4.78 is 28.3. The van der Waals surface area contributed by atoms with Gasteiger partial charge in [0.2, 0.25) is 5.91 Å². The van der Waals surface area contributed by atoms with Gasteiger partial charge in [0.1, 0.15) is 5.75 Å². The topological polar surface area (TPSA) is 84.5 Å². The molecule has 1 unspecified atom stereocenters. The van der Waals surface area contributed by atoms with Crippen LogP contribution in [0.5, 0.6) is 5.75 Å². The highest BCUT2D eigenvalue weighted by Crippen LogP contribution is 2.16. The first kappa shape index (κ1) is 22.7. The molecule has 6 nitrogen and oxygen atoms in total. The molecule has 2 rings (SSSR count). The number of sulfone groups is 1. The van der Waals surface area contributed by atoms with E-state index < -0.39 is 9.84 Å². The van der Waals surface area contributed by atoms with Gasteiger partial charge in [-0.05, 0) is 69.0 Å². The van der Waals surface area contributed by atoms with Crippen molar-refractivity contribution in [2.24, 2.45) is 5.92 Å². The summed E-state index contributed by atoms with van der Waals surface area (Å²) in [6, 6.07) is 6.39. The summed E-state index contributed by atoms with van der Waals surface area (Å²) in [6.45, 7) is 3.43. The van der Waals surface area contributed by atoms with Gasteiger partial charge in [-0.25, -0.2) is 8.42 Å². The van der Waals surface area contributed by atoms with Gasteiger partial charge < -0.3 is 15.4 Å². The lowest BCUT2D eigenvalue weighted by atomic mass is 10.1. The summed E-state index contributed by atoms with van der Waals surface area (Å²) in [5, 5.41) is 6.30. The second-order valence-electron chi connectivity index (χ2n) is 6.55. The summed E-state index contributed by atoms with van der Waals surface area (Å²) in [5.41, 5.74) is 0. The predicted molar refractivity (Wildman–Crippen MR) is 105 cm³/mol. The van der Waals surface area contributed by atoms with Gasteiger partial charge in [0.25, 0.3) is 0 Å². The van der Waals surface area contributed by atoms with E-state index in [0.717, 1.165) is 38.9 Å². The van der Waals surface area contributed by atoms with Crippen LogP contribution in [0.15, 0.2) is 29.2 Å². The third-order valence-corrected chi connectivity index (χ3v) is 5.48. The van der Waals surface area contributed by atoms with Crippen molar-refractivity contribution in [1.29, 1.82) is 0 Å². The van der Waals surface area contributed by atoms with Gasteiger partial charge in [0.05, 0.1) is 11.5 Å². The number of unbranched alkanes of at least 4 members (excludes halogenated alkanes) is 1. The highest BCUT2D eigenvalue weighted by molar-refractivity contribution is 7.90. The number of amides is 1. The lowest BCUT2D eigenvalue weighted by molar-refractivity contribution is -0.121. The highest BCUT2D eigenvalue weighted by Gasteiger charge is 2.14. The molecule has 1 atom stereocenters. The number of hydrogen-bond donors (Lipinski definition) is 2. The highest BCUT2D eigenvalue weighted by atomic mass is 35.5. The van der Waals surface area contributed by atoms with Crippen LogP contribution in [0.4, 0.5) is 0 Å². The van der Waals surface area contributed by atoms with Gasteiger partial charge in [-0.2, -0.15) is 0 Å². The Morgan fingerprint density at radius 1 is 1.27 bits per heavy atom. The molecule has 1 aliphatic rings. The third kappa shape index (κ3) is 8.38. The molecule has 1 heterocycles. The van der Waals surface area contributed by atoms with Crippen LogP contribution in [0.1, 0.15) is 32.1 Å². The van der Waals surface area contributed by atoms with Crippen LogP contribution in [-0.2, 0) is 14.6 Å². The number of benzene rings is 1. The van der Waals surface area contributed by atoms with E-state index in [4.69, 9.17) is 4.74 Å². The van der Waals surface area contributed by atoms with E-state index in [9.17, 15) is 13.2 Å². The molecule has 148 valence electrons. The Morgan fingerprint density at radius 2 is 2.00 bits per heavy atom. The number of halogens is 1. The Labute approximate surface area is 162 Å². The quantitative estimate of drug-likeness (QED) is 0.584. The van der Waals surface area contributed by atoms with Crippen LogP contribution in [0.25, 0.3) is 0 Å². The van der Waals surface area contributed by atoms with Crippen molar-refractivity contribution >= 4 is 28.2 Å². The number of nitrogens with one attached hydrogen (secondary N) is 2. The Hall–Kier alpha value is -1.31. The standard InChI is InChI=1S/C18H28N2O4S.ClH/c1-25(22,23)17-7-5-16(6-8-17)24-13-3-2-4-18(21)20-12-10-15-9-11-19-14-15;/h5-8,15,19H,2-4,9-14H2,1H3,(H,20,21);1H. The van der Waals surface area contributed by atoms with Gasteiger partial charge in [0.15, 0.2) is 9.84 Å². The molecule has 1 aliphatic heterocycles. The van der Waals surface area contributed by atoms with Gasteiger partial charge in [-0.1, -0.05) is 0 Å². The monoisotopic (exact) mass is 404 g/mol. The minimum absolute atomic E-state index is 0. The molecular weight excluding hydrogens is 376 g/mol. The maximum atomic E-state index is 11.8. The number of carbonyl (C=O) groups excluding carboxylic acids is 1. The largest absolute Gasteiger partial charge is 0.494 e. The average molecular weight is 405 g/mol. The fraction of sp³-hybridized carbons (Fsp3) is 0.611. The summed E-state index contributed by atoms with van der Waals surface area (Å²) in [4.78, 5) is 12.0. The number of hydrogen-bond acceptors (Lipinski definition) is 5. The fourth-order valence-electron chi connectivity index (χ4n) is 2.83. The van der Waals surface area contributed by atoms with Crippen molar-refractivity contribution in [3.05, 3.63) is 24.3 Å². The minimum atomic E-state index is -3.18. The van der Waals surface area contributed by atoms with Crippen molar-refractivity contribution in [3.63, 3.8) is 0 Å². The lowest BCUT2D eigenvalue weighted by Crippen LogP contribution is -2.26. The maximum Gasteiger partial charge on any atom is 0.219 e. The summed E-state index contributed by atoms with van der Waals surface area (Å²) in [5.74, 6) is 1.44. The Kier molecular flexibility index (Phi) is 9.98. The lowest BCUT2D eigenvalue weighted by Gasteiger charge is -2.09. The molecule has 1 fully saturated rings. The Balaban J connectivity index is 0.00000338. The van der Waals surface area contributed by atoms with Crippen molar-refractivity contribution in [1.82, 2.24) is 10.6 Å². The molecule has 0 bridgehead atoms. The SMILES string of the molecule is CS(=O)(=O)c1ccc(OCCCCC(=O)NCCC2CCNC2)cc1.Cl. The molecule has 8 heteroatoms. The number of carbonyl (C=O) groups is 1. The molecule has 26 heavy (non-hydrogen) atoms. The molecule has 0 aliphatic carbocycles. The molecule has 1 saturated heterocycles. The molecule has 1 amide bonds. The zero-order chi connectivity index (χ0) is 18.1. The van der Waals surface area contributed by atoms with Crippen molar-refractivity contribution in [2.45, 2.75) is 37.0 Å². The maximum absolute atomic E-state index is 11.8. The smallest absolute Gasteiger partial charge is 0.219 e. The molecule has 0 radical (unpaired) electrons. The van der Waals surface area contributed by atoms with E-state index in [1.54, 1.807) is 12.1 Å². The van der Waals surface area contributed by atoms with Crippen LogP contribution in [0.3, 0.4) is 0 Å². The van der Waals surface area contributed by atoms with Gasteiger partial charge >= 0.3 is 0 Å². The molecule has 0 aromatic heterocycles. The van der Waals surface area contributed by atoms with Crippen LogP contribution in [0.2, 0.25) is 0 Å². The van der Waals surface area contributed by atoms with E-state index in [2.05, 4.69) is 10.6 Å². The zero-order valence-corrected chi connectivity index (χ0v) is 16.8. The van der Waals surface area contributed by atoms with Crippen LogP contribution in [-0.4, -0.2) is 46.8 Å². The van der Waals surface area contributed by atoms with E-state index >= 15 is 0 Å². The second kappa shape index (κ2) is 11.4. The molecule has 0 saturated carbocycles. The van der Waals surface area contributed by atoms with Crippen LogP contribution < -0.4 is 15.4 Å². The van der Waals surface area contributed by atoms with Gasteiger partial charge in [-0.3, -0.25) is 4.79 Å². The molecule has 0 spiro atoms. The van der Waals surface area contributed by atoms with Crippen LogP contribution in [0, 0.1) is 5.92 Å². The fourth-order valence-corrected chi connectivity index (χ4v) is 3.46. The summed E-state index contributed by atoms with van der Waals surface area (Å²) in [6.07, 6.45) is 5.51. The molecule has 2 N–H and O–H groups in total.